The summed E-state index contributed by atoms with van der Waals surface area (Å²) in [6.45, 7) is 0.280. The van der Waals surface area contributed by atoms with Crippen LogP contribution in [0, 0.1) is 0 Å². The van der Waals surface area contributed by atoms with E-state index in [-0.39, 0.29) is 0 Å². The van der Waals surface area contributed by atoms with Gasteiger partial charge in [-0.05, 0) is 6.92 Å². The molecule has 4 nitrogen and oxygen atoms in total. The predicted octanol–water partition coefficient (Wildman–Crippen LogP) is 1.39. The molecule has 0 fully saturated rings. The van der Waals surface area contributed by atoms with Crippen LogP contribution in [0.4, 0.5) is 13.2 Å². The smallest absolute Gasteiger partial charge is 0.362 e. The van der Waals surface area contributed by atoms with E-state index < -0.39 is 24.9 Å². The highest BCUT2D eigenvalue weighted by Gasteiger charge is 2.31. The van der Waals surface area contributed by atoms with Crippen LogP contribution in [0.1, 0.15) is 18.6 Å². The van der Waals surface area contributed by atoms with Gasteiger partial charge in [0.15, 0.2) is 0 Å². The second-order valence-electron chi connectivity index (χ2n) is 3.65. The Morgan fingerprint density at radius 2 is 2.19 bits per heavy atom. The fraction of sp³-hybridized carbons (Fsp3) is 0.667. The Morgan fingerprint density at radius 3 is 2.56 bits per heavy atom. The molecule has 2 N–H and O–H groups in total. The Hall–Kier alpha value is -1.08. The van der Waals surface area contributed by atoms with E-state index in [0.29, 0.717) is 5.56 Å². The van der Waals surface area contributed by atoms with Crippen molar-refractivity contribution in [2.75, 3.05) is 6.61 Å². The second-order valence-corrected chi connectivity index (χ2v) is 3.65. The number of nitrogens with zero attached hydrogens (tertiary/aromatic N) is 2. The molecule has 0 aromatic carbocycles. The molecule has 1 aromatic rings. The van der Waals surface area contributed by atoms with Crippen LogP contribution < -0.4 is 5.73 Å². The van der Waals surface area contributed by atoms with E-state index in [1.165, 1.54) is 10.9 Å². The Balaban J connectivity index is 2.69. The summed E-state index contributed by atoms with van der Waals surface area (Å²) in [5, 5.41) is 3.86. The van der Waals surface area contributed by atoms with E-state index in [9.17, 15) is 13.2 Å². The van der Waals surface area contributed by atoms with Gasteiger partial charge in [0.25, 0.3) is 0 Å². The second kappa shape index (κ2) is 4.84. The molecular weight excluding hydrogens is 223 g/mol. The van der Waals surface area contributed by atoms with Gasteiger partial charge in [-0.1, -0.05) is 0 Å². The molecule has 2 atom stereocenters. The molecule has 1 aromatic heterocycles. The lowest BCUT2D eigenvalue weighted by Crippen LogP contribution is -2.30. The Morgan fingerprint density at radius 1 is 1.56 bits per heavy atom. The number of nitrogens with two attached hydrogens (primary N) is 1. The van der Waals surface area contributed by atoms with Crippen molar-refractivity contribution in [1.82, 2.24) is 9.78 Å². The molecule has 0 spiro atoms. The third-order valence-electron chi connectivity index (χ3n) is 1.96. The van der Waals surface area contributed by atoms with Crippen molar-refractivity contribution in [2.45, 2.75) is 25.2 Å². The van der Waals surface area contributed by atoms with Gasteiger partial charge in [0.1, 0.15) is 12.7 Å². The first kappa shape index (κ1) is 13.0. The molecule has 1 heterocycles. The quantitative estimate of drug-likeness (QED) is 0.860. The van der Waals surface area contributed by atoms with Crippen LogP contribution in [0.25, 0.3) is 0 Å². The van der Waals surface area contributed by atoms with E-state index in [1.807, 2.05) is 0 Å². The van der Waals surface area contributed by atoms with Crippen molar-refractivity contribution in [1.29, 1.82) is 0 Å². The monoisotopic (exact) mass is 237 g/mol. The minimum absolute atomic E-state index is 0.536. The van der Waals surface area contributed by atoms with E-state index >= 15 is 0 Å². The molecule has 0 saturated heterocycles. The van der Waals surface area contributed by atoms with Gasteiger partial charge < -0.3 is 10.5 Å². The van der Waals surface area contributed by atoms with Crippen LogP contribution in [0.15, 0.2) is 12.4 Å². The van der Waals surface area contributed by atoms with E-state index in [1.54, 1.807) is 20.2 Å². The summed E-state index contributed by atoms with van der Waals surface area (Å²) in [7, 11) is 1.67. The van der Waals surface area contributed by atoms with Crippen molar-refractivity contribution in [3.8, 4) is 0 Å². The van der Waals surface area contributed by atoms with E-state index in [0.717, 1.165) is 0 Å². The van der Waals surface area contributed by atoms with Crippen LogP contribution >= 0.6 is 0 Å². The zero-order valence-electron chi connectivity index (χ0n) is 9.03. The summed E-state index contributed by atoms with van der Waals surface area (Å²) < 4.78 is 42.3. The third kappa shape index (κ3) is 3.82. The molecule has 2 unspecified atom stereocenters. The Labute approximate surface area is 91.2 Å². The molecule has 0 aliphatic carbocycles. The van der Waals surface area contributed by atoms with Gasteiger partial charge in [0.2, 0.25) is 0 Å². The lowest BCUT2D eigenvalue weighted by molar-refractivity contribution is -0.187. The zero-order chi connectivity index (χ0) is 12.3. The van der Waals surface area contributed by atoms with Gasteiger partial charge in [0.05, 0.1) is 6.20 Å². The highest BCUT2D eigenvalue weighted by molar-refractivity contribution is 5.10. The van der Waals surface area contributed by atoms with E-state index in [2.05, 4.69) is 5.10 Å². The minimum Gasteiger partial charge on any atom is -0.362 e. The molecule has 1 rings (SSSR count). The number of aryl methyl sites for hydroxylation is 1. The third-order valence-corrected chi connectivity index (χ3v) is 1.96. The molecular formula is C9H14F3N3O. The summed E-state index contributed by atoms with van der Waals surface area (Å²) in [4.78, 5) is 0. The van der Waals surface area contributed by atoms with Crippen LogP contribution in [0.2, 0.25) is 0 Å². The average Bonchev–Trinajstić information content (AvgIpc) is 2.49. The Bertz CT molecular complexity index is 335. The molecule has 0 amide bonds. The molecule has 92 valence electrons. The summed E-state index contributed by atoms with van der Waals surface area (Å²) in [6.07, 6.45) is -2.11. The topological polar surface area (TPSA) is 53.1 Å². The first-order valence-electron chi connectivity index (χ1n) is 4.72. The number of rotatable bonds is 4. The summed E-state index contributed by atoms with van der Waals surface area (Å²) in [5.41, 5.74) is 6.12. The van der Waals surface area contributed by atoms with Crippen LogP contribution in [0.5, 0.6) is 0 Å². The zero-order valence-corrected chi connectivity index (χ0v) is 9.03. The summed E-state index contributed by atoms with van der Waals surface area (Å²) in [5.74, 6) is 0. The maximum atomic E-state index is 12.0. The fourth-order valence-corrected chi connectivity index (χ4v) is 1.32. The van der Waals surface area contributed by atoms with Gasteiger partial charge in [-0.15, -0.1) is 0 Å². The van der Waals surface area contributed by atoms with E-state index in [4.69, 9.17) is 10.5 Å². The van der Waals surface area contributed by atoms with Gasteiger partial charge in [-0.25, -0.2) is 0 Å². The van der Waals surface area contributed by atoms with Crippen LogP contribution in [-0.4, -0.2) is 28.6 Å². The number of aromatic nitrogens is 2. The highest BCUT2D eigenvalue weighted by atomic mass is 19.4. The predicted molar refractivity (Wildman–Crippen MR) is 51.6 cm³/mol. The molecule has 0 aliphatic heterocycles. The van der Waals surface area contributed by atoms with Crippen molar-refractivity contribution >= 4 is 0 Å². The van der Waals surface area contributed by atoms with Crippen LogP contribution in [-0.2, 0) is 11.8 Å². The van der Waals surface area contributed by atoms with Crippen LogP contribution in [0.3, 0.4) is 0 Å². The standard InChI is InChI=1S/C9H14F3N3O/c1-6(13)8(16-5-9(10,11)12)7-3-14-15(2)4-7/h3-4,6,8H,5,13H2,1-2H3. The van der Waals surface area contributed by atoms with Gasteiger partial charge in [-0.3, -0.25) is 4.68 Å². The first-order chi connectivity index (χ1) is 7.29. The number of alkyl halides is 3. The van der Waals surface area contributed by atoms with Crippen molar-refractivity contribution < 1.29 is 17.9 Å². The molecule has 0 bridgehead atoms. The fourth-order valence-electron chi connectivity index (χ4n) is 1.32. The minimum atomic E-state index is -4.35. The number of hydrogen-bond acceptors (Lipinski definition) is 3. The van der Waals surface area contributed by atoms with Crippen molar-refractivity contribution in [3.63, 3.8) is 0 Å². The van der Waals surface area contributed by atoms with Crippen molar-refractivity contribution in [2.24, 2.45) is 12.8 Å². The Kier molecular flexibility index (Phi) is 3.93. The number of ether oxygens (including phenoxy) is 1. The highest BCUT2D eigenvalue weighted by Crippen LogP contribution is 2.24. The maximum Gasteiger partial charge on any atom is 0.411 e. The van der Waals surface area contributed by atoms with Gasteiger partial charge in [0, 0.05) is 24.8 Å². The molecule has 0 radical (unpaired) electrons. The van der Waals surface area contributed by atoms with Gasteiger partial charge in [-0.2, -0.15) is 18.3 Å². The molecule has 0 saturated carbocycles. The largest absolute Gasteiger partial charge is 0.411 e. The average molecular weight is 237 g/mol. The molecule has 7 heteroatoms. The summed E-state index contributed by atoms with van der Waals surface area (Å²) >= 11 is 0. The maximum absolute atomic E-state index is 12.0. The molecule has 16 heavy (non-hydrogen) atoms. The lowest BCUT2D eigenvalue weighted by Gasteiger charge is -2.20. The SMILES string of the molecule is CC(N)C(OCC(F)(F)F)c1cnn(C)c1. The summed E-state index contributed by atoms with van der Waals surface area (Å²) in [6, 6.07) is -0.536. The lowest BCUT2D eigenvalue weighted by atomic mass is 10.1. The molecule has 0 aliphatic rings. The normalized spacial score (nSPS) is 16.1. The number of halogens is 3. The first-order valence-corrected chi connectivity index (χ1v) is 4.72. The number of hydrogen-bond donors (Lipinski definition) is 1. The van der Waals surface area contributed by atoms with Gasteiger partial charge >= 0.3 is 6.18 Å². The van der Waals surface area contributed by atoms with Crippen molar-refractivity contribution in [3.05, 3.63) is 18.0 Å².